The van der Waals surface area contributed by atoms with E-state index in [0.29, 0.717) is 16.1 Å². The first-order valence-electron chi connectivity index (χ1n) is 9.75. The van der Waals surface area contributed by atoms with E-state index in [-0.39, 0.29) is 16.2 Å². The van der Waals surface area contributed by atoms with Gasteiger partial charge >= 0.3 is 6.18 Å². The van der Waals surface area contributed by atoms with Crippen molar-refractivity contribution < 1.29 is 21.6 Å². The van der Waals surface area contributed by atoms with Gasteiger partial charge in [-0.1, -0.05) is 54.1 Å². The minimum atomic E-state index is -4.57. The Balaban J connectivity index is 1.81. The van der Waals surface area contributed by atoms with Gasteiger partial charge in [-0.2, -0.15) is 13.2 Å². The number of imidazole rings is 1. The summed E-state index contributed by atoms with van der Waals surface area (Å²) in [5.74, 6) is 0.143. The lowest BCUT2D eigenvalue weighted by Gasteiger charge is -2.13. The minimum absolute atomic E-state index is 0.143. The standard InChI is InChI=1S/C24H14ClF3N2O2S/c25-17-10-13-22-21(14-17)29-23(20-7-3-5-15-4-1-2-6-19(15)20)30(22)33(31,32)18-11-8-16(9-12-18)24(26,27)28/h1-14H. The highest BCUT2D eigenvalue weighted by Crippen LogP contribution is 2.35. The van der Waals surface area contributed by atoms with E-state index in [0.717, 1.165) is 39.0 Å². The molecule has 1 heterocycles. The van der Waals surface area contributed by atoms with Crippen LogP contribution in [0.2, 0.25) is 5.02 Å². The molecule has 0 saturated carbocycles. The van der Waals surface area contributed by atoms with Crippen LogP contribution in [0.4, 0.5) is 13.2 Å². The summed E-state index contributed by atoms with van der Waals surface area (Å²) in [6, 6.07) is 20.9. The molecule has 1 aromatic heterocycles. The van der Waals surface area contributed by atoms with Crippen molar-refractivity contribution in [2.24, 2.45) is 0 Å². The van der Waals surface area contributed by atoms with Gasteiger partial charge in [0, 0.05) is 10.6 Å². The molecule has 0 amide bonds. The first-order valence-corrected chi connectivity index (χ1v) is 11.6. The van der Waals surface area contributed by atoms with E-state index >= 15 is 0 Å². The van der Waals surface area contributed by atoms with Gasteiger partial charge in [-0.25, -0.2) is 17.4 Å². The summed E-state index contributed by atoms with van der Waals surface area (Å²) in [6.45, 7) is 0. The van der Waals surface area contributed by atoms with E-state index < -0.39 is 21.8 Å². The molecule has 0 unspecified atom stereocenters. The molecule has 0 N–H and O–H groups in total. The first-order chi connectivity index (χ1) is 15.7. The molecule has 0 bridgehead atoms. The third kappa shape index (κ3) is 3.65. The molecule has 9 heteroatoms. The molecule has 5 aromatic rings. The second kappa shape index (κ2) is 7.60. The zero-order valence-corrected chi connectivity index (χ0v) is 18.3. The van der Waals surface area contributed by atoms with Crippen molar-refractivity contribution in [3.05, 3.63) is 95.5 Å². The number of rotatable bonds is 3. The van der Waals surface area contributed by atoms with Crippen molar-refractivity contribution in [1.82, 2.24) is 8.96 Å². The van der Waals surface area contributed by atoms with Crippen molar-refractivity contribution in [2.45, 2.75) is 11.1 Å². The number of hydrogen-bond donors (Lipinski definition) is 0. The van der Waals surface area contributed by atoms with Crippen molar-refractivity contribution in [1.29, 1.82) is 0 Å². The highest BCUT2D eigenvalue weighted by molar-refractivity contribution is 7.90. The zero-order valence-electron chi connectivity index (χ0n) is 16.7. The van der Waals surface area contributed by atoms with Gasteiger partial charge in [-0.05, 0) is 53.2 Å². The fraction of sp³-hybridized carbons (Fsp3) is 0.0417. The van der Waals surface area contributed by atoms with E-state index in [1.807, 2.05) is 30.3 Å². The number of fused-ring (bicyclic) bond motifs is 2. The number of nitrogens with zero attached hydrogens (tertiary/aromatic N) is 2. The van der Waals surface area contributed by atoms with Gasteiger partial charge in [0.25, 0.3) is 10.0 Å². The largest absolute Gasteiger partial charge is 0.416 e. The summed E-state index contributed by atoms with van der Waals surface area (Å²) in [5, 5.41) is 2.05. The number of benzene rings is 4. The van der Waals surface area contributed by atoms with Crippen LogP contribution in [0.3, 0.4) is 0 Å². The van der Waals surface area contributed by atoms with Gasteiger partial charge in [0.05, 0.1) is 21.5 Å². The van der Waals surface area contributed by atoms with Gasteiger partial charge in [-0.3, -0.25) is 0 Å². The highest BCUT2D eigenvalue weighted by atomic mass is 35.5. The Kier molecular flexibility index (Phi) is 4.95. The van der Waals surface area contributed by atoms with E-state index in [1.165, 1.54) is 12.1 Å². The van der Waals surface area contributed by atoms with Gasteiger partial charge in [-0.15, -0.1) is 0 Å². The summed E-state index contributed by atoms with van der Waals surface area (Å²) >= 11 is 6.11. The van der Waals surface area contributed by atoms with E-state index in [1.54, 1.807) is 18.2 Å². The molecule has 5 rings (SSSR count). The van der Waals surface area contributed by atoms with Gasteiger partial charge in [0.2, 0.25) is 0 Å². The molecule has 33 heavy (non-hydrogen) atoms. The van der Waals surface area contributed by atoms with Crippen LogP contribution in [0.5, 0.6) is 0 Å². The lowest BCUT2D eigenvalue weighted by Crippen LogP contribution is -2.15. The minimum Gasteiger partial charge on any atom is -0.227 e. The SMILES string of the molecule is O=S(=O)(c1ccc(C(F)(F)F)cc1)n1c(-c2cccc3ccccc23)nc2cc(Cl)ccc21. The monoisotopic (exact) mass is 486 g/mol. The molecule has 0 saturated heterocycles. The second-order valence-electron chi connectivity index (χ2n) is 7.39. The summed E-state index contributed by atoms with van der Waals surface area (Å²) in [7, 11) is -4.30. The molecule has 0 radical (unpaired) electrons. The molecule has 4 aromatic carbocycles. The van der Waals surface area contributed by atoms with Crippen molar-refractivity contribution in [3.63, 3.8) is 0 Å². The summed E-state index contributed by atoms with van der Waals surface area (Å²) in [5.41, 5.74) is 0.247. The van der Waals surface area contributed by atoms with Crippen LogP contribution in [-0.2, 0) is 16.2 Å². The second-order valence-corrected chi connectivity index (χ2v) is 9.61. The maximum atomic E-state index is 13.7. The normalized spacial score (nSPS) is 12.5. The first kappa shape index (κ1) is 21.5. The van der Waals surface area contributed by atoms with Crippen molar-refractivity contribution in [3.8, 4) is 11.4 Å². The van der Waals surface area contributed by atoms with Crippen LogP contribution in [0.25, 0.3) is 33.2 Å². The molecule has 0 spiro atoms. The fourth-order valence-electron chi connectivity index (χ4n) is 3.79. The van der Waals surface area contributed by atoms with E-state index in [4.69, 9.17) is 11.6 Å². The van der Waals surface area contributed by atoms with Crippen LogP contribution >= 0.6 is 11.6 Å². The third-order valence-corrected chi connectivity index (χ3v) is 7.28. The van der Waals surface area contributed by atoms with Crippen LogP contribution in [-0.4, -0.2) is 17.4 Å². The predicted octanol–water partition coefficient (Wildman–Crippen LogP) is 6.77. The van der Waals surface area contributed by atoms with Crippen molar-refractivity contribution >= 4 is 43.4 Å². The Labute approximate surface area is 191 Å². The number of alkyl halides is 3. The summed E-state index contributed by atoms with van der Waals surface area (Å²) < 4.78 is 67.4. The predicted molar refractivity (Wildman–Crippen MR) is 122 cm³/mol. The Morgan fingerprint density at radius 3 is 2.27 bits per heavy atom. The lowest BCUT2D eigenvalue weighted by molar-refractivity contribution is -0.137. The fourth-order valence-corrected chi connectivity index (χ4v) is 5.42. The molecule has 166 valence electrons. The summed E-state index contributed by atoms with van der Waals surface area (Å²) in [4.78, 5) is 4.28. The average Bonchev–Trinajstić information content (AvgIpc) is 3.17. The lowest BCUT2D eigenvalue weighted by atomic mass is 10.0. The zero-order chi connectivity index (χ0) is 23.4. The van der Waals surface area contributed by atoms with Crippen LogP contribution in [0, 0.1) is 0 Å². The molecular weight excluding hydrogens is 473 g/mol. The third-order valence-electron chi connectivity index (χ3n) is 5.33. The molecular formula is C24H14ClF3N2O2S. The Morgan fingerprint density at radius 2 is 1.55 bits per heavy atom. The number of hydrogen-bond acceptors (Lipinski definition) is 3. The Bertz CT molecular complexity index is 1620. The van der Waals surface area contributed by atoms with Crippen LogP contribution in [0.15, 0.2) is 89.8 Å². The highest BCUT2D eigenvalue weighted by Gasteiger charge is 2.32. The summed E-state index contributed by atoms with van der Waals surface area (Å²) in [6.07, 6.45) is -4.57. The Morgan fingerprint density at radius 1 is 0.848 bits per heavy atom. The van der Waals surface area contributed by atoms with Gasteiger partial charge in [0.15, 0.2) is 5.82 Å². The molecule has 0 aliphatic rings. The number of aromatic nitrogens is 2. The maximum absolute atomic E-state index is 13.7. The number of halogens is 4. The van der Waals surface area contributed by atoms with Crippen LogP contribution < -0.4 is 0 Å². The van der Waals surface area contributed by atoms with Gasteiger partial charge in [0.1, 0.15) is 0 Å². The molecule has 4 nitrogen and oxygen atoms in total. The molecule has 0 aliphatic heterocycles. The van der Waals surface area contributed by atoms with Gasteiger partial charge < -0.3 is 0 Å². The van der Waals surface area contributed by atoms with Crippen molar-refractivity contribution in [2.75, 3.05) is 0 Å². The molecule has 0 atom stereocenters. The molecule has 0 aliphatic carbocycles. The van der Waals surface area contributed by atoms with Crippen LogP contribution in [0.1, 0.15) is 5.56 Å². The molecule has 0 fully saturated rings. The average molecular weight is 487 g/mol. The topological polar surface area (TPSA) is 52.0 Å². The van der Waals surface area contributed by atoms with E-state index in [9.17, 15) is 21.6 Å². The maximum Gasteiger partial charge on any atom is 0.416 e. The smallest absolute Gasteiger partial charge is 0.227 e. The van der Waals surface area contributed by atoms with E-state index in [2.05, 4.69) is 4.98 Å². The Hall–Kier alpha value is -3.36. The quantitative estimate of drug-likeness (QED) is 0.283.